The Morgan fingerprint density at radius 3 is 2.32 bits per heavy atom. The van der Waals surface area contributed by atoms with Crippen molar-refractivity contribution in [1.82, 2.24) is 10.2 Å². The SMILES string of the molecule is COc1ccc(OCCNc2ccc(C(=O)Nc3ccc(F)cc3)nn2)cc1. The molecule has 1 aromatic heterocycles. The first kappa shape index (κ1) is 19.1. The molecule has 3 aromatic rings. The fourth-order valence-electron chi connectivity index (χ4n) is 2.30. The molecule has 1 heterocycles. The molecule has 0 unspecified atom stereocenters. The van der Waals surface area contributed by atoms with Gasteiger partial charge in [0.05, 0.1) is 13.7 Å². The van der Waals surface area contributed by atoms with E-state index in [-0.39, 0.29) is 11.5 Å². The molecule has 0 aliphatic carbocycles. The number of amides is 1. The molecule has 144 valence electrons. The van der Waals surface area contributed by atoms with Gasteiger partial charge in [0.15, 0.2) is 5.69 Å². The minimum atomic E-state index is -0.423. The van der Waals surface area contributed by atoms with E-state index in [0.29, 0.717) is 24.7 Å². The molecule has 0 fully saturated rings. The Hall–Kier alpha value is -3.68. The third-order valence-corrected chi connectivity index (χ3v) is 3.74. The first-order chi connectivity index (χ1) is 13.6. The standard InChI is InChI=1S/C20H19FN4O3/c1-27-16-6-8-17(9-7-16)28-13-12-22-19-11-10-18(24-25-19)20(26)23-15-4-2-14(21)3-5-15/h2-11H,12-13H2,1H3,(H,22,25)(H,23,26). The summed E-state index contributed by atoms with van der Waals surface area (Å²) < 4.78 is 23.6. The Labute approximate surface area is 161 Å². The lowest BCUT2D eigenvalue weighted by Gasteiger charge is -2.09. The normalized spacial score (nSPS) is 10.2. The van der Waals surface area contributed by atoms with Gasteiger partial charge in [0.2, 0.25) is 0 Å². The Balaban J connectivity index is 1.44. The minimum Gasteiger partial charge on any atom is -0.497 e. The average Bonchev–Trinajstić information content (AvgIpc) is 2.73. The molecule has 2 aromatic carbocycles. The maximum Gasteiger partial charge on any atom is 0.276 e. The van der Waals surface area contributed by atoms with E-state index in [2.05, 4.69) is 20.8 Å². The maximum absolute atomic E-state index is 12.9. The predicted molar refractivity (Wildman–Crippen MR) is 103 cm³/mol. The van der Waals surface area contributed by atoms with Gasteiger partial charge in [-0.15, -0.1) is 10.2 Å². The number of anilines is 2. The van der Waals surface area contributed by atoms with Crippen LogP contribution >= 0.6 is 0 Å². The van der Waals surface area contributed by atoms with Gasteiger partial charge in [0.25, 0.3) is 5.91 Å². The molecule has 0 saturated carbocycles. The van der Waals surface area contributed by atoms with Crippen molar-refractivity contribution in [1.29, 1.82) is 0 Å². The van der Waals surface area contributed by atoms with Gasteiger partial charge in [-0.2, -0.15) is 0 Å². The van der Waals surface area contributed by atoms with E-state index in [1.165, 1.54) is 24.3 Å². The highest BCUT2D eigenvalue weighted by Gasteiger charge is 2.09. The van der Waals surface area contributed by atoms with E-state index in [1.54, 1.807) is 19.2 Å². The topological polar surface area (TPSA) is 85.4 Å². The van der Waals surface area contributed by atoms with Gasteiger partial charge < -0.3 is 20.1 Å². The highest BCUT2D eigenvalue weighted by atomic mass is 19.1. The van der Waals surface area contributed by atoms with E-state index in [0.717, 1.165) is 11.5 Å². The van der Waals surface area contributed by atoms with Crippen LogP contribution in [0.5, 0.6) is 11.5 Å². The number of ether oxygens (including phenoxy) is 2. The largest absolute Gasteiger partial charge is 0.497 e. The Bertz CT molecular complexity index is 900. The highest BCUT2D eigenvalue weighted by Crippen LogP contribution is 2.16. The molecule has 0 radical (unpaired) electrons. The number of carbonyl (C=O) groups is 1. The molecule has 0 saturated heterocycles. The summed E-state index contributed by atoms with van der Waals surface area (Å²) in [5, 5.41) is 13.6. The number of hydrogen-bond donors (Lipinski definition) is 2. The predicted octanol–water partition coefficient (Wildman–Crippen LogP) is 3.37. The molecule has 7 nitrogen and oxygen atoms in total. The van der Waals surface area contributed by atoms with Gasteiger partial charge in [-0.25, -0.2) is 4.39 Å². The van der Waals surface area contributed by atoms with Crippen molar-refractivity contribution < 1.29 is 18.7 Å². The number of aromatic nitrogens is 2. The van der Waals surface area contributed by atoms with Gasteiger partial charge in [-0.1, -0.05) is 0 Å². The Morgan fingerprint density at radius 1 is 0.964 bits per heavy atom. The lowest BCUT2D eigenvalue weighted by Crippen LogP contribution is -2.16. The van der Waals surface area contributed by atoms with Crippen molar-refractivity contribution in [3.63, 3.8) is 0 Å². The minimum absolute atomic E-state index is 0.157. The first-order valence-corrected chi connectivity index (χ1v) is 8.55. The monoisotopic (exact) mass is 382 g/mol. The summed E-state index contributed by atoms with van der Waals surface area (Å²) in [6.07, 6.45) is 0. The number of nitrogens with zero attached hydrogens (tertiary/aromatic N) is 2. The van der Waals surface area contributed by atoms with Gasteiger partial charge >= 0.3 is 0 Å². The van der Waals surface area contributed by atoms with Crippen LogP contribution in [0.1, 0.15) is 10.5 Å². The fourth-order valence-corrected chi connectivity index (χ4v) is 2.30. The van der Waals surface area contributed by atoms with Crippen LogP contribution in [-0.4, -0.2) is 36.4 Å². The molecule has 8 heteroatoms. The van der Waals surface area contributed by atoms with Crippen LogP contribution in [0.2, 0.25) is 0 Å². The molecule has 28 heavy (non-hydrogen) atoms. The van der Waals surface area contributed by atoms with E-state index >= 15 is 0 Å². The molecular weight excluding hydrogens is 363 g/mol. The number of rotatable bonds is 8. The number of nitrogens with one attached hydrogen (secondary N) is 2. The Kier molecular flexibility index (Phi) is 6.35. The van der Waals surface area contributed by atoms with Crippen LogP contribution in [0.15, 0.2) is 60.7 Å². The molecule has 0 spiro atoms. The van der Waals surface area contributed by atoms with E-state index in [1.807, 2.05) is 24.3 Å². The molecule has 1 amide bonds. The molecule has 0 aliphatic heterocycles. The summed E-state index contributed by atoms with van der Waals surface area (Å²) in [5.41, 5.74) is 0.635. The molecular formula is C20H19FN4O3. The highest BCUT2D eigenvalue weighted by molar-refractivity contribution is 6.02. The smallest absolute Gasteiger partial charge is 0.276 e. The second-order valence-corrected chi connectivity index (χ2v) is 5.72. The van der Waals surface area contributed by atoms with Crippen molar-refractivity contribution in [2.24, 2.45) is 0 Å². The first-order valence-electron chi connectivity index (χ1n) is 8.55. The van der Waals surface area contributed by atoms with Crippen molar-refractivity contribution >= 4 is 17.4 Å². The summed E-state index contributed by atoms with van der Waals surface area (Å²) in [5.74, 6) is 1.24. The third-order valence-electron chi connectivity index (χ3n) is 3.74. The van der Waals surface area contributed by atoms with Gasteiger partial charge in [0.1, 0.15) is 29.7 Å². The zero-order valence-electron chi connectivity index (χ0n) is 15.2. The summed E-state index contributed by atoms with van der Waals surface area (Å²) in [7, 11) is 1.61. The van der Waals surface area contributed by atoms with E-state index < -0.39 is 5.91 Å². The van der Waals surface area contributed by atoms with Crippen LogP contribution in [-0.2, 0) is 0 Å². The lowest BCUT2D eigenvalue weighted by molar-refractivity contribution is 0.102. The summed E-state index contributed by atoms with van der Waals surface area (Å²) in [6, 6.07) is 16.0. The molecule has 0 bridgehead atoms. The summed E-state index contributed by atoms with van der Waals surface area (Å²) in [4.78, 5) is 12.1. The number of carbonyl (C=O) groups excluding carboxylic acids is 1. The van der Waals surface area contributed by atoms with Crippen molar-refractivity contribution in [3.8, 4) is 11.5 Å². The third kappa shape index (κ3) is 5.41. The summed E-state index contributed by atoms with van der Waals surface area (Å²) >= 11 is 0. The van der Waals surface area contributed by atoms with Gasteiger partial charge in [0, 0.05) is 5.69 Å². The second-order valence-electron chi connectivity index (χ2n) is 5.72. The molecule has 0 atom stereocenters. The molecule has 3 rings (SSSR count). The van der Waals surface area contributed by atoms with Crippen LogP contribution in [0.25, 0.3) is 0 Å². The second kappa shape index (κ2) is 9.31. The summed E-state index contributed by atoms with van der Waals surface area (Å²) in [6.45, 7) is 0.947. The zero-order valence-corrected chi connectivity index (χ0v) is 15.2. The molecule has 2 N–H and O–H groups in total. The number of benzene rings is 2. The van der Waals surface area contributed by atoms with Crippen LogP contribution < -0.4 is 20.1 Å². The number of hydrogen-bond acceptors (Lipinski definition) is 6. The molecule has 0 aliphatic rings. The van der Waals surface area contributed by atoms with Crippen LogP contribution in [0, 0.1) is 5.82 Å². The quantitative estimate of drug-likeness (QED) is 0.581. The van der Waals surface area contributed by atoms with Crippen molar-refractivity contribution in [3.05, 3.63) is 72.2 Å². The van der Waals surface area contributed by atoms with Crippen LogP contribution in [0.3, 0.4) is 0 Å². The van der Waals surface area contributed by atoms with Gasteiger partial charge in [-0.05, 0) is 60.7 Å². The zero-order chi connectivity index (χ0) is 19.8. The van der Waals surface area contributed by atoms with E-state index in [9.17, 15) is 9.18 Å². The number of halogens is 1. The number of methoxy groups -OCH3 is 1. The van der Waals surface area contributed by atoms with Crippen molar-refractivity contribution in [2.75, 3.05) is 30.9 Å². The maximum atomic E-state index is 12.9. The van der Waals surface area contributed by atoms with E-state index in [4.69, 9.17) is 9.47 Å². The average molecular weight is 382 g/mol. The lowest BCUT2D eigenvalue weighted by atomic mass is 10.3. The Morgan fingerprint density at radius 2 is 1.68 bits per heavy atom. The van der Waals surface area contributed by atoms with Crippen LogP contribution in [0.4, 0.5) is 15.9 Å². The van der Waals surface area contributed by atoms with Gasteiger partial charge in [-0.3, -0.25) is 4.79 Å². The van der Waals surface area contributed by atoms with Crippen molar-refractivity contribution in [2.45, 2.75) is 0 Å². The fraction of sp³-hybridized carbons (Fsp3) is 0.150.